The second-order valence-corrected chi connectivity index (χ2v) is 7.33. The van der Waals surface area contributed by atoms with Crippen LogP contribution in [0.2, 0.25) is 0 Å². The smallest absolute Gasteiger partial charge is 0.410 e. The summed E-state index contributed by atoms with van der Waals surface area (Å²) >= 11 is 0. The van der Waals surface area contributed by atoms with E-state index >= 15 is 0 Å². The molecular formula is C18H21F3N4O2. The van der Waals surface area contributed by atoms with Crippen molar-refractivity contribution in [2.24, 2.45) is 5.92 Å². The third-order valence-corrected chi connectivity index (χ3v) is 5.43. The molecule has 27 heavy (non-hydrogen) atoms. The molecule has 0 bridgehead atoms. The van der Waals surface area contributed by atoms with Gasteiger partial charge in [-0.15, -0.1) is 0 Å². The molecule has 1 saturated heterocycles. The maximum Gasteiger partial charge on any atom is 0.410 e. The Kier molecular flexibility index (Phi) is 4.39. The van der Waals surface area contributed by atoms with E-state index in [0.29, 0.717) is 24.8 Å². The van der Waals surface area contributed by atoms with Crippen molar-refractivity contribution in [3.05, 3.63) is 35.9 Å². The molecular weight excluding hydrogens is 361 g/mol. The molecule has 2 aromatic heterocycles. The Balaban J connectivity index is 1.67. The highest BCUT2D eigenvalue weighted by atomic mass is 19.4. The van der Waals surface area contributed by atoms with Gasteiger partial charge < -0.3 is 14.6 Å². The average molecular weight is 382 g/mol. The summed E-state index contributed by atoms with van der Waals surface area (Å²) in [5.74, 6) is 0.776. The van der Waals surface area contributed by atoms with Gasteiger partial charge in [-0.2, -0.15) is 18.3 Å². The minimum atomic E-state index is -4.48. The van der Waals surface area contributed by atoms with Crippen molar-refractivity contribution >= 4 is 11.7 Å². The van der Waals surface area contributed by atoms with Gasteiger partial charge in [-0.05, 0) is 30.9 Å². The van der Waals surface area contributed by atoms with Crippen LogP contribution in [-0.2, 0) is 0 Å². The van der Waals surface area contributed by atoms with Crippen LogP contribution in [0.4, 0.5) is 19.0 Å². The van der Waals surface area contributed by atoms with Crippen molar-refractivity contribution < 1.29 is 22.4 Å². The van der Waals surface area contributed by atoms with Crippen LogP contribution in [0.25, 0.3) is 0 Å². The summed E-state index contributed by atoms with van der Waals surface area (Å²) in [5, 5.41) is 6.95. The molecule has 1 fully saturated rings. The molecule has 0 aromatic carbocycles. The predicted molar refractivity (Wildman–Crippen MR) is 91.3 cm³/mol. The number of likely N-dealkylation sites (tertiary alicyclic amines) is 1. The maximum atomic E-state index is 13.6. The number of anilines is 1. The molecule has 0 spiro atoms. The fraction of sp³-hybridized carbons (Fsp3) is 0.556. The molecule has 6 nitrogen and oxygen atoms in total. The van der Waals surface area contributed by atoms with Gasteiger partial charge in [0.15, 0.2) is 6.04 Å². The van der Waals surface area contributed by atoms with Crippen LogP contribution in [0.1, 0.15) is 54.4 Å². The number of amides is 1. The Morgan fingerprint density at radius 2 is 2.07 bits per heavy atom. The van der Waals surface area contributed by atoms with E-state index in [1.807, 2.05) is 0 Å². The number of furan rings is 1. The largest absolute Gasteiger partial charge is 0.467 e. The summed E-state index contributed by atoms with van der Waals surface area (Å²) in [6.07, 6.45) is -0.279. The molecule has 4 heterocycles. The lowest BCUT2D eigenvalue weighted by Crippen LogP contribution is -2.39. The summed E-state index contributed by atoms with van der Waals surface area (Å²) in [4.78, 5) is 14.6. The Morgan fingerprint density at radius 3 is 2.70 bits per heavy atom. The Labute approximate surface area is 154 Å². The van der Waals surface area contributed by atoms with E-state index in [-0.39, 0.29) is 23.7 Å². The highest BCUT2D eigenvalue weighted by molar-refractivity contribution is 5.99. The first-order valence-corrected chi connectivity index (χ1v) is 9.08. The van der Waals surface area contributed by atoms with Crippen LogP contribution >= 0.6 is 0 Å². The van der Waals surface area contributed by atoms with Gasteiger partial charge in [0.2, 0.25) is 0 Å². The van der Waals surface area contributed by atoms with E-state index in [1.165, 1.54) is 12.5 Å². The minimum absolute atomic E-state index is 0.105. The molecule has 4 rings (SSSR count). The fourth-order valence-corrected chi connectivity index (χ4v) is 3.78. The number of carbonyl (C=O) groups excluding carboxylic acids is 1. The van der Waals surface area contributed by atoms with Crippen LogP contribution < -0.4 is 5.32 Å². The van der Waals surface area contributed by atoms with Crippen molar-refractivity contribution in [3.63, 3.8) is 0 Å². The number of halogens is 3. The molecule has 0 saturated carbocycles. The normalized spacial score (nSPS) is 23.8. The average Bonchev–Trinajstić information content (AvgIpc) is 3.30. The first-order chi connectivity index (χ1) is 12.8. The highest BCUT2D eigenvalue weighted by Crippen LogP contribution is 2.44. The van der Waals surface area contributed by atoms with Crippen LogP contribution in [0.5, 0.6) is 0 Å². The van der Waals surface area contributed by atoms with Gasteiger partial charge in [0.05, 0.1) is 18.5 Å². The predicted octanol–water partition coefficient (Wildman–Crippen LogP) is 4.01. The number of carbonyl (C=O) groups is 1. The molecule has 9 heteroatoms. The van der Waals surface area contributed by atoms with Gasteiger partial charge >= 0.3 is 6.18 Å². The summed E-state index contributed by atoms with van der Waals surface area (Å²) in [6, 6.07) is 0.771. The van der Waals surface area contributed by atoms with E-state index in [2.05, 4.69) is 17.3 Å². The van der Waals surface area contributed by atoms with E-state index in [1.54, 1.807) is 17.0 Å². The van der Waals surface area contributed by atoms with E-state index in [0.717, 1.165) is 17.5 Å². The van der Waals surface area contributed by atoms with E-state index in [4.69, 9.17) is 4.42 Å². The number of alkyl halides is 3. The van der Waals surface area contributed by atoms with Crippen molar-refractivity contribution in [1.82, 2.24) is 14.7 Å². The van der Waals surface area contributed by atoms with Crippen LogP contribution in [0.15, 0.2) is 29.0 Å². The second kappa shape index (κ2) is 6.61. The summed E-state index contributed by atoms with van der Waals surface area (Å²) in [7, 11) is 0. The molecule has 2 aliphatic heterocycles. The number of rotatable bonds is 2. The van der Waals surface area contributed by atoms with Crippen LogP contribution in [0.3, 0.4) is 0 Å². The molecule has 2 aliphatic rings. The van der Waals surface area contributed by atoms with Crippen molar-refractivity contribution in [1.29, 1.82) is 0 Å². The third-order valence-electron chi connectivity index (χ3n) is 5.43. The molecule has 1 N–H and O–H groups in total. The molecule has 0 radical (unpaired) electrons. The Morgan fingerprint density at radius 1 is 1.33 bits per heavy atom. The van der Waals surface area contributed by atoms with Gasteiger partial charge in [-0.3, -0.25) is 4.79 Å². The second-order valence-electron chi connectivity index (χ2n) is 7.33. The lowest BCUT2D eigenvalue weighted by molar-refractivity contribution is -0.174. The molecule has 2 unspecified atom stereocenters. The van der Waals surface area contributed by atoms with Crippen molar-refractivity contribution in [3.8, 4) is 0 Å². The maximum absolute atomic E-state index is 13.6. The first kappa shape index (κ1) is 17.9. The molecule has 146 valence electrons. The Hall–Kier alpha value is -2.45. The van der Waals surface area contributed by atoms with Gasteiger partial charge in [0.25, 0.3) is 5.91 Å². The number of hydrogen-bond acceptors (Lipinski definition) is 4. The zero-order chi connectivity index (χ0) is 19.2. The lowest BCUT2D eigenvalue weighted by atomic mass is 9.98. The van der Waals surface area contributed by atoms with Gasteiger partial charge in [0, 0.05) is 19.5 Å². The zero-order valence-electron chi connectivity index (χ0n) is 14.9. The number of nitrogens with one attached hydrogen (secondary N) is 1. The number of nitrogens with zero attached hydrogens (tertiary/aromatic N) is 3. The minimum Gasteiger partial charge on any atom is -0.467 e. The lowest BCUT2D eigenvalue weighted by Gasteiger charge is -2.34. The topological polar surface area (TPSA) is 63.3 Å². The molecule has 1 amide bonds. The van der Waals surface area contributed by atoms with Gasteiger partial charge in [-0.25, -0.2) is 4.68 Å². The SMILES string of the molecule is CC1CCN(C(=O)c2cnn3c2NC(c2ccco2)CC3C(F)(F)F)CC1. The summed E-state index contributed by atoms with van der Waals surface area (Å²) in [6.45, 7) is 3.34. The molecule has 2 aromatic rings. The molecule has 0 aliphatic carbocycles. The number of fused-ring (bicyclic) bond motifs is 1. The molecule has 2 atom stereocenters. The number of aromatic nitrogens is 2. The number of piperidine rings is 1. The summed E-state index contributed by atoms with van der Waals surface area (Å²) in [5.41, 5.74) is 0.176. The standard InChI is InChI=1S/C18H21F3N4O2/c1-11-4-6-24(7-5-11)17(26)12-10-22-25-15(18(19,20)21)9-13(23-16(12)25)14-3-2-8-27-14/h2-3,8,10-11,13,15,23H,4-7,9H2,1H3. The van der Waals surface area contributed by atoms with Crippen molar-refractivity contribution in [2.75, 3.05) is 18.4 Å². The fourth-order valence-electron chi connectivity index (χ4n) is 3.78. The first-order valence-electron chi connectivity index (χ1n) is 9.08. The van der Waals surface area contributed by atoms with E-state index in [9.17, 15) is 18.0 Å². The van der Waals surface area contributed by atoms with Gasteiger partial charge in [0.1, 0.15) is 17.1 Å². The van der Waals surface area contributed by atoms with Crippen LogP contribution in [-0.4, -0.2) is 39.9 Å². The summed E-state index contributed by atoms with van der Waals surface area (Å²) < 4.78 is 47.1. The van der Waals surface area contributed by atoms with Crippen molar-refractivity contribution in [2.45, 2.75) is 44.4 Å². The monoisotopic (exact) mass is 382 g/mol. The Bertz CT molecular complexity index is 807. The van der Waals surface area contributed by atoms with Gasteiger partial charge in [-0.1, -0.05) is 6.92 Å². The third kappa shape index (κ3) is 3.30. The van der Waals surface area contributed by atoms with E-state index < -0.39 is 18.3 Å². The number of hydrogen-bond donors (Lipinski definition) is 1. The quantitative estimate of drug-likeness (QED) is 0.853. The van der Waals surface area contributed by atoms with Crippen LogP contribution in [0, 0.1) is 5.92 Å². The zero-order valence-corrected chi connectivity index (χ0v) is 14.9. The highest BCUT2D eigenvalue weighted by Gasteiger charge is 2.48.